The van der Waals surface area contributed by atoms with Crippen molar-refractivity contribution in [3.8, 4) is 5.75 Å². The molecule has 0 saturated heterocycles. The maximum Gasteiger partial charge on any atom is 0.180 e. The number of aromatic nitrogens is 3. The molecule has 0 fully saturated rings. The Morgan fingerprint density at radius 1 is 1.35 bits per heavy atom. The van der Waals surface area contributed by atoms with Crippen LogP contribution < -0.4 is 10.1 Å². The monoisotopic (exact) mass is 316 g/mol. The predicted octanol–water partition coefficient (Wildman–Crippen LogP) is 2.72. The van der Waals surface area contributed by atoms with Crippen LogP contribution in [0.15, 0.2) is 30.7 Å². The summed E-state index contributed by atoms with van der Waals surface area (Å²) in [5.74, 6) is 1.86. The van der Waals surface area contributed by atoms with Crippen molar-refractivity contribution < 1.29 is 9.84 Å². The van der Waals surface area contributed by atoms with E-state index in [1.165, 1.54) is 0 Å². The second-order valence-corrected chi connectivity index (χ2v) is 5.45. The Hall–Kier alpha value is -2.21. The van der Waals surface area contributed by atoms with Gasteiger partial charge in [0, 0.05) is 18.0 Å². The van der Waals surface area contributed by atoms with Crippen LogP contribution in [-0.4, -0.2) is 32.7 Å². The van der Waals surface area contributed by atoms with Crippen LogP contribution in [0, 0.1) is 6.92 Å². The van der Waals surface area contributed by atoms with Crippen molar-refractivity contribution in [3.05, 3.63) is 42.1 Å². The molecule has 0 aliphatic heterocycles. The number of pyridine rings is 1. The summed E-state index contributed by atoms with van der Waals surface area (Å²) in [5, 5.41) is 12.8. The average Bonchev–Trinajstić information content (AvgIpc) is 2.58. The number of ether oxygens (including phenoxy) is 1. The van der Waals surface area contributed by atoms with E-state index in [0.717, 1.165) is 24.8 Å². The van der Waals surface area contributed by atoms with Crippen LogP contribution in [0.4, 0.5) is 5.82 Å². The number of aliphatic hydroxyl groups is 1. The summed E-state index contributed by atoms with van der Waals surface area (Å²) in [6, 6.07) is 3.79. The number of unbranched alkanes of at least 4 members (excludes halogenated alkanes) is 1. The number of aryl methyl sites for hydroxylation is 1. The zero-order chi connectivity index (χ0) is 16.5. The van der Waals surface area contributed by atoms with E-state index in [-0.39, 0.29) is 12.6 Å². The molecule has 1 atom stereocenters. The highest BCUT2D eigenvalue weighted by Gasteiger charge is 2.13. The summed E-state index contributed by atoms with van der Waals surface area (Å²) in [6.07, 6.45) is 8.18. The van der Waals surface area contributed by atoms with Gasteiger partial charge < -0.3 is 15.2 Å². The molecule has 6 heteroatoms. The minimum Gasteiger partial charge on any atom is -0.483 e. The molecule has 2 aromatic rings. The van der Waals surface area contributed by atoms with Gasteiger partial charge in [0.15, 0.2) is 11.6 Å². The molecule has 0 unspecified atom stereocenters. The maximum atomic E-state index is 9.53. The van der Waals surface area contributed by atoms with Gasteiger partial charge in [-0.2, -0.15) is 0 Å². The maximum absolute atomic E-state index is 9.53. The Morgan fingerprint density at radius 3 is 2.91 bits per heavy atom. The van der Waals surface area contributed by atoms with E-state index in [2.05, 4.69) is 27.2 Å². The van der Waals surface area contributed by atoms with E-state index < -0.39 is 0 Å². The molecule has 2 rings (SSSR count). The largest absolute Gasteiger partial charge is 0.483 e. The Labute approximate surface area is 137 Å². The van der Waals surface area contributed by atoms with Gasteiger partial charge in [0.25, 0.3) is 0 Å². The van der Waals surface area contributed by atoms with E-state index in [4.69, 9.17) is 4.74 Å². The molecular weight excluding hydrogens is 292 g/mol. The van der Waals surface area contributed by atoms with Crippen LogP contribution in [0.25, 0.3) is 0 Å². The standard InChI is InChI=1S/C17H24N4O2/c1-3-4-7-15(11-22)21-17-16(10-19-13(2)20-17)23-12-14-6-5-8-18-9-14/h5-6,8-10,15,22H,3-4,7,11-12H2,1-2H3,(H,19,20,21)/t15-/m0/s1. The molecule has 6 nitrogen and oxygen atoms in total. The highest BCUT2D eigenvalue weighted by atomic mass is 16.5. The number of anilines is 1. The number of hydrogen-bond donors (Lipinski definition) is 2. The Balaban J connectivity index is 2.07. The lowest BCUT2D eigenvalue weighted by Gasteiger charge is -2.19. The first-order valence-corrected chi connectivity index (χ1v) is 7.95. The smallest absolute Gasteiger partial charge is 0.180 e. The Kier molecular flexibility index (Phi) is 6.75. The van der Waals surface area contributed by atoms with E-state index in [1.54, 1.807) is 18.6 Å². The molecule has 0 aromatic carbocycles. The number of nitrogens with one attached hydrogen (secondary N) is 1. The highest BCUT2D eigenvalue weighted by molar-refractivity contribution is 5.49. The molecule has 124 valence electrons. The minimum atomic E-state index is -0.0370. The summed E-state index contributed by atoms with van der Waals surface area (Å²) in [4.78, 5) is 12.7. The topological polar surface area (TPSA) is 80.2 Å². The van der Waals surface area contributed by atoms with Crippen molar-refractivity contribution in [1.29, 1.82) is 0 Å². The normalized spacial score (nSPS) is 12.0. The van der Waals surface area contributed by atoms with Crippen molar-refractivity contribution in [2.75, 3.05) is 11.9 Å². The molecule has 0 bridgehead atoms. The summed E-state index contributed by atoms with van der Waals surface area (Å²) in [7, 11) is 0. The number of nitrogens with zero attached hydrogens (tertiary/aromatic N) is 3. The van der Waals surface area contributed by atoms with Gasteiger partial charge in [-0.25, -0.2) is 9.97 Å². The van der Waals surface area contributed by atoms with Crippen LogP contribution in [0.2, 0.25) is 0 Å². The zero-order valence-corrected chi connectivity index (χ0v) is 13.7. The molecule has 23 heavy (non-hydrogen) atoms. The third-order valence-electron chi connectivity index (χ3n) is 3.46. The lowest BCUT2D eigenvalue weighted by molar-refractivity contribution is 0.265. The highest BCUT2D eigenvalue weighted by Crippen LogP contribution is 2.23. The molecule has 0 spiro atoms. The fourth-order valence-corrected chi connectivity index (χ4v) is 2.17. The SMILES string of the molecule is CCCC[C@@H](CO)Nc1nc(C)ncc1OCc1cccnc1. The molecule has 0 amide bonds. The van der Waals surface area contributed by atoms with E-state index in [1.807, 2.05) is 19.1 Å². The third kappa shape index (κ3) is 5.49. The van der Waals surface area contributed by atoms with Crippen molar-refractivity contribution in [3.63, 3.8) is 0 Å². The van der Waals surface area contributed by atoms with Crippen molar-refractivity contribution in [2.45, 2.75) is 45.8 Å². The van der Waals surface area contributed by atoms with E-state index >= 15 is 0 Å². The van der Waals surface area contributed by atoms with Crippen LogP contribution in [0.1, 0.15) is 37.6 Å². The van der Waals surface area contributed by atoms with Gasteiger partial charge in [-0.3, -0.25) is 4.98 Å². The summed E-state index contributed by atoms with van der Waals surface area (Å²) in [6.45, 7) is 4.42. The van der Waals surface area contributed by atoms with Gasteiger partial charge in [0.05, 0.1) is 18.8 Å². The zero-order valence-electron chi connectivity index (χ0n) is 13.7. The molecular formula is C17H24N4O2. The molecule has 0 radical (unpaired) electrons. The Morgan fingerprint density at radius 2 is 2.22 bits per heavy atom. The molecule has 2 aromatic heterocycles. The second-order valence-electron chi connectivity index (χ2n) is 5.45. The Bertz CT molecular complexity index is 592. The summed E-state index contributed by atoms with van der Waals surface area (Å²) >= 11 is 0. The summed E-state index contributed by atoms with van der Waals surface area (Å²) < 4.78 is 5.82. The van der Waals surface area contributed by atoms with Gasteiger partial charge >= 0.3 is 0 Å². The quantitative estimate of drug-likeness (QED) is 0.740. The molecule has 0 saturated carbocycles. The first kappa shape index (κ1) is 17.1. The van der Waals surface area contributed by atoms with Crippen molar-refractivity contribution in [1.82, 2.24) is 15.0 Å². The number of aliphatic hydroxyl groups excluding tert-OH is 1. The summed E-state index contributed by atoms with van der Waals surface area (Å²) in [5.41, 5.74) is 0.976. The molecule has 0 aliphatic rings. The van der Waals surface area contributed by atoms with E-state index in [9.17, 15) is 5.11 Å². The molecule has 0 aliphatic carbocycles. The minimum absolute atomic E-state index is 0.0370. The molecule has 2 N–H and O–H groups in total. The van der Waals surface area contributed by atoms with Gasteiger partial charge in [-0.1, -0.05) is 25.8 Å². The number of rotatable bonds is 9. The van der Waals surface area contributed by atoms with Crippen LogP contribution in [-0.2, 0) is 6.61 Å². The predicted molar refractivity (Wildman–Crippen MR) is 89.4 cm³/mol. The van der Waals surface area contributed by atoms with Crippen molar-refractivity contribution >= 4 is 5.82 Å². The lowest BCUT2D eigenvalue weighted by atomic mass is 10.1. The van der Waals surface area contributed by atoms with Crippen molar-refractivity contribution in [2.24, 2.45) is 0 Å². The first-order valence-electron chi connectivity index (χ1n) is 7.95. The van der Waals surface area contributed by atoms with E-state index in [0.29, 0.717) is 24.0 Å². The number of hydrogen-bond acceptors (Lipinski definition) is 6. The first-order chi connectivity index (χ1) is 11.2. The average molecular weight is 316 g/mol. The van der Waals surface area contributed by atoms with Gasteiger partial charge in [0.1, 0.15) is 12.4 Å². The lowest BCUT2D eigenvalue weighted by Crippen LogP contribution is -2.25. The third-order valence-corrected chi connectivity index (χ3v) is 3.46. The second kappa shape index (κ2) is 9.05. The van der Waals surface area contributed by atoms with Crippen LogP contribution in [0.3, 0.4) is 0 Å². The van der Waals surface area contributed by atoms with Crippen LogP contribution >= 0.6 is 0 Å². The van der Waals surface area contributed by atoms with Crippen LogP contribution in [0.5, 0.6) is 5.75 Å². The fourth-order valence-electron chi connectivity index (χ4n) is 2.17. The fraction of sp³-hybridized carbons (Fsp3) is 0.471. The van der Waals surface area contributed by atoms with Gasteiger partial charge in [-0.05, 0) is 19.4 Å². The van der Waals surface area contributed by atoms with Gasteiger partial charge in [0.2, 0.25) is 0 Å². The van der Waals surface area contributed by atoms with Gasteiger partial charge in [-0.15, -0.1) is 0 Å². The molecule has 2 heterocycles.